The summed E-state index contributed by atoms with van der Waals surface area (Å²) in [5, 5.41) is 0.581. The third-order valence-electron chi connectivity index (χ3n) is 3.33. The van der Waals surface area contributed by atoms with Crippen LogP contribution in [0, 0.1) is 3.57 Å². The number of ether oxygens (including phenoxy) is 1. The summed E-state index contributed by atoms with van der Waals surface area (Å²) in [5.41, 5.74) is 1.30. The average Bonchev–Trinajstić information content (AvgIpc) is 2.53. The third kappa shape index (κ3) is 3.42. The van der Waals surface area contributed by atoms with Gasteiger partial charge < -0.3 is 9.72 Å². The fourth-order valence-corrected chi connectivity index (χ4v) is 3.97. The minimum atomic E-state index is -0.151. The van der Waals surface area contributed by atoms with Gasteiger partial charge in [0.1, 0.15) is 11.6 Å². The zero-order valence-corrected chi connectivity index (χ0v) is 16.1. The molecule has 2 aromatic carbocycles. The highest BCUT2D eigenvalue weighted by Gasteiger charge is 2.15. The number of H-pyrrole nitrogens is 1. The fraction of sp³-hybridized carbons (Fsp3) is 0.176. The Kier molecular flexibility index (Phi) is 5.01. The molecule has 0 bridgehead atoms. The summed E-state index contributed by atoms with van der Waals surface area (Å²) < 4.78 is 7.77. The Balaban J connectivity index is 2.23. The molecule has 0 saturated heterocycles. The molecule has 6 heteroatoms. The van der Waals surface area contributed by atoms with Gasteiger partial charge in [-0.1, -0.05) is 35.0 Å². The predicted octanol–water partition coefficient (Wildman–Crippen LogP) is 4.75. The first-order valence-electron chi connectivity index (χ1n) is 7.21. The van der Waals surface area contributed by atoms with Crippen LogP contribution >= 0.6 is 38.5 Å². The second-order valence-corrected chi connectivity index (χ2v) is 7.12. The van der Waals surface area contributed by atoms with Crippen molar-refractivity contribution in [1.29, 1.82) is 0 Å². The van der Waals surface area contributed by atoms with Crippen molar-refractivity contribution in [2.75, 3.05) is 6.61 Å². The van der Waals surface area contributed by atoms with Crippen LogP contribution in [-0.4, -0.2) is 16.6 Å². The molecule has 0 unspecified atom stereocenters. The van der Waals surface area contributed by atoms with Gasteiger partial charge in [-0.05, 0) is 53.3 Å². The van der Waals surface area contributed by atoms with Crippen molar-refractivity contribution < 1.29 is 4.74 Å². The topological polar surface area (TPSA) is 55.0 Å². The Morgan fingerprint density at radius 1 is 1.30 bits per heavy atom. The van der Waals surface area contributed by atoms with E-state index in [9.17, 15) is 4.79 Å². The lowest BCUT2D eigenvalue weighted by atomic mass is 10.1. The summed E-state index contributed by atoms with van der Waals surface area (Å²) in [5.74, 6) is 1.26. The summed E-state index contributed by atoms with van der Waals surface area (Å²) in [6, 6.07) is 11.2. The van der Waals surface area contributed by atoms with E-state index in [0.29, 0.717) is 23.3 Å². The maximum Gasteiger partial charge on any atom is 0.259 e. The molecular formula is C17H14BrIN2O2. The summed E-state index contributed by atoms with van der Waals surface area (Å²) in [4.78, 5) is 19.8. The predicted molar refractivity (Wildman–Crippen MR) is 104 cm³/mol. The summed E-state index contributed by atoms with van der Waals surface area (Å²) in [6.07, 6.45) is 0.910. The molecule has 1 heterocycles. The van der Waals surface area contributed by atoms with Gasteiger partial charge in [-0.25, -0.2) is 4.98 Å². The zero-order valence-electron chi connectivity index (χ0n) is 12.4. The monoisotopic (exact) mass is 484 g/mol. The van der Waals surface area contributed by atoms with E-state index in [1.807, 2.05) is 30.3 Å². The van der Waals surface area contributed by atoms with Crippen LogP contribution in [0.5, 0.6) is 5.75 Å². The number of aromatic amines is 1. The standard InChI is InChI=1S/C17H14BrIN2O2/c1-2-7-23-15-12(8-10(18)9-13(15)19)16-20-14-6-4-3-5-11(14)17(22)21-16/h3-6,8-9H,2,7H2,1H3,(H,20,21,22). The van der Waals surface area contributed by atoms with E-state index < -0.39 is 0 Å². The van der Waals surface area contributed by atoms with Crippen molar-refractivity contribution in [3.05, 3.63) is 54.8 Å². The van der Waals surface area contributed by atoms with Crippen LogP contribution in [0.1, 0.15) is 13.3 Å². The quantitative estimate of drug-likeness (QED) is 0.544. The van der Waals surface area contributed by atoms with Gasteiger partial charge >= 0.3 is 0 Å². The second kappa shape index (κ2) is 7.00. The van der Waals surface area contributed by atoms with Crippen LogP contribution in [0.3, 0.4) is 0 Å². The molecular weight excluding hydrogens is 471 g/mol. The maximum absolute atomic E-state index is 12.3. The number of hydrogen-bond donors (Lipinski definition) is 1. The molecule has 23 heavy (non-hydrogen) atoms. The molecule has 4 nitrogen and oxygen atoms in total. The van der Waals surface area contributed by atoms with Crippen LogP contribution in [0.25, 0.3) is 22.3 Å². The first kappa shape index (κ1) is 16.4. The number of benzene rings is 2. The van der Waals surface area contributed by atoms with Crippen molar-refractivity contribution in [3.63, 3.8) is 0 Å². The number of aromatic nitrogens is 2. The molecule has 118 valence electrons. The Hall–Kier alpha value is -1.41. The molecule has 0 radical (unpaired) electrons. The Morgan fingerprint density at radius 2 is 2.09 bits per heavy atom. The van der Waals surface area contributed by atoms with E-state index >= 15 is 0 Å². The molecule has 3 aromatic rings. The minimum absolute atomic E-state index is 0.151. The minimum Gasteiger partial charge on any atom is -0.492 e. The first-order valence-corrected chi connectivity index (χ1v) is 9.08. The van der Waals surface area contributed by atoms with Crippen LogP contribution < -0.4 is 10.3 Å². The van der Waals surface area contributed by atoms with Crippen LogP contribution in [0.15, 0.2) is 45.7 Å². The van der Waals surface area contributed by atoms with Crippen molar-refractivity contribution in [3.8, 4) is 17.1 Å². The van der Waals surface area contributed by atoms with Gasteiger partial charge in [0.05, 0.1) is 26.6 Å². The SMILES string of the molecule is CCCOc1c(I)cc(Br)cc1-c1nc2ccccc2c(=O)[nH]1. The lowest BCUT2D eigenvalue weighted by Gasteiger charge is -2.13. The number of para-hydroxylation sites is 1. The lowest BCUT2D eigenvalue weighted by molar-refractivity contribution is 0.316. The van der Waals surface area contributed by atoms with Crippen molar-refractivity contribution >= 4 is 49.4 Å². The molecule has 0 aliphatic carbocycles. The zero-order chi connectivity index (χ0) is 16.4. The average molecular weight is 485 g/mol. The van der Waals surface area contributed by atoms with E-state index in [4.69, 9.17) is 4.74 Å². The fourth-order valence-electron chi connectivity index (χ4n) is 2.30. The normalized spacial score (nSPS) is 10.9. The molecule has 0 aliphatic heterocycles. The van der Waals surface area contributed by atoms with E-state index in [-0.39, 0.29) is 5.56 Å². The van der Waals surface area contributed by atoms with Crippen molar-refractivity contribution in [1.82, 2.24) is 9.97 Å². The molecule has 0 spiro atoms. The number of hydrogen-bond acceptors (Lipinski definition) is 3. The number of halogens is 2. The first-order chi connectivity index (χ1) is 11.1. The van der Waals surface area contributed by atoms with E-state index in [0.717, 1.165) is 25.8 Å². The molecule has 0 fully saturated rings. The maximum atomic E-state index is 12.3. The molecule has 3 rings (SSSR count). The molecule has 1 N–H and O–H groups in total. The summed E-state index contributed by atoms with van der Waals surface area (Å²) in [6.45, 7) is 2.67. The highest BCUT2D eigenvalue weighted by Crippen LogP contribution is 2.35. The van der Waals surface area contributed by atoms with Gasteiger partial charge in [0.25, 0.3) is 5.56 Å². The largest absolute Gasteiger partial charge is 0.492 e. The van der Waals surface area contributed by atoms with Gasteiger partial charge in [0.2, 0.25) is 0 Å². The van der Waals surface area contributed by atoms with E-state index in [2.05, 4.69) is 55.4 Å². The Labute approximate surface area is 155 Å². The van der Waals surface area contributed by atoms with Crippen LogP contribution in [0.4, 0.5) is 0 Å². The van der Waals surface area contributed by atoms with Gasteiger partial charge in [0, 0.05) is 4.47 Å². The number of nitrogens with one attached hydrogen (secondary N) is 1. The number of nitrogens with zero attached hydrogens (tertiary/aromatic N) is 1. The van der Waals surface area contributed by atoms with E-state index in [1.165, 1.54) is 0 Å². The Morgan fingerprint density at radius 3 is 2.87 bits per heavy atom. The third-order valence-corrected chi connectivity index (χ3v) is 4.59. The van der Waals surface area contributed by atoms with Crippen molar-refractivity contribution in [2.24, 2.45) is 0 Å². The van der Waals surface area contributed by atoms with Gasteiger partial charge in [-0.15, -0.1) is 0 Å². The molecule has 0 amide bonds. The molecule has 0 saturated carbocycles. The van der Waals surface area contributed by atoms with Gasteiger partial charge in [-0.3, -0.25) is 4.79 Å². The van der Waals surface area contributed by atoms with Crippen LogP contribution in [0.2, 0.25) is 0 Å². The number of rotatable bonds is 4. The van der Waals surface area contributed by atoms with E-state index in [1.54, 1.807) is 6.07 Å². The van der Waals surface area contributed by atoms with Gasteiger partial charge in [0.15, 0.2) is 0 Å². The van der Waals surface area contributed by atoms with Crippen LogP contribution in [-0.2, 0) is 0 Å². The Bertz CT molecular complexity index is 924. The highest BCUT2D eigenvalue weighted by molar-refractivity contribution is 14.1. The number of fused-ring (bicyclic) bond motifs is 1. The molecule has 1 aromatic heterocycles. The smallest absolute Gasteiger partial charge is 0.259 e. The second-order valence-electron chi connectivity index (χ2n) is 5.04. The highest BCUT2D eigenvalue weighted by atomic mass is 127. The summed E-state index contributed by atoms with van der Waals surface area (Å²) in [7, 11) is 0. The molecule has 0 aliphatic rings. The summed E-state index contributed by atoms with van der Waals surface area (Å²) >= 11 is 5.73. The van der Waals surface area contributed by atoms with Gasteiger partial charge in [-0.2, -0.15) is 0 Å². The van der Waals surface area contributed by atoms with Crippen molar-refractivity contribution in [2.45, 2.75) is 13.3 Å². The lowest BCUT2D eigenvalue weighted by Crippen LogP contribution is -2.10. The molecule has 0 atom stereocenters.